The lowest BCUT2D eigenvalue weighted by Gasteiger charge is -2.39. The van der Waals surface area contributed by atoms with Gasteiger partial charge in [0.2, 0.25) is 0 Å². The number of carbonyl (C=O) groups excluding carboxylic acids is 1. The van der Waals surface area contributed by atoms with Crippen LogP contribution in [-0.4, -0.2) is 33.1 Å². The number of thioether (sulfide) groups is 1. The van der Waals surface area contributed by atoms with Crippen molar-refractivity contribution in [1.82, 2.24) is 14.9 Å². The van der Waals surface area contributed by atoms with Gasteiger partial charge in [-0.15, -0.1) is 0 Å². The maximum atomic E-state index is 12.2. The zero-order valence-corrected chi connectivity index (χ0v) is 10.8. The Morgan fingerprint density at radius 2 is 2.24 bits per heavy atom. The van der Waals surface area contributed by atoms with Crippen molar-refractivity contribution in [2.75, 3.05) is 6.26 Å². The maximum absolute atomic E-state index is 12.2. The van der Waals surface area contributed by atoms with Crippen LogP contribution >= 0.6 is 11.8 Å². The topological polar surface area (TPSA) is 46.1 Å². The van der Waals surface area contributed by atoms with Crippen LogP contribution in [-0.2, 0) is 6.54 Å². The summed E-state index contributed by atoms with van der Waals surface area (Å²) in [6, 6.07) is 0.421. The van der Waals surface area contributed by atoms with Gasteiger partial charge in [0.15, 0.2) is 5.16 Å². The van der Waals surface area contributed by atoms with E-state index in [0.717, 1.165) is 29.6 Å². The van der Waals surface area contributed by atoms with Crippen molar-refractivity contribution >= 4 is 17.7 Å². The summed E-state index contributed by atoms with van der Waals surface area (Å²) in [4.78, 5) is 22.7. The van der Waals surface area contributed by atoms with E-state index in [1.165, 1.54) is 11.8 Å². The van der Waals surface area contributed by atoms with Crippen LogP contribution in [0.4, 0.5) is 0 Å². The number of fused-ring (bicyclic) bond motifs is 1. The number of nitrogens with zero attached hydrogens (tertiary/aromatic N) is 3. The Labute approximate surface area is 105 Å². The van der Waals surface area contributed by atoms with Gasteiger partial charge in [0.25, 0.3) is 5.91 Å². The lowest BCUT2D eigenvalue weighted by Crippen LogP contribution is -2.43. The largest absolute Gasteiger partial charge is 0.330 e. The number of carbonyl (C=O) groups is 1. The predicted molar refractivity (Wildman–Crippen MR) is 65.9 cm³/mol. The van der Waals surface area contributed by atoms with Gasteiger partial charge in [-0.25, -0.2) is 9.97 Å². The zero-order chi connectivity index (χ0) is 12.0. The quantitative estimate of drug-likeness (QED) is 0.593. The number of aromatic nitrogens is 2. The third kappa shape index (κ3) is 1.73. The molecule has 0 N–H and O–H groups in total. The van der Waals surface area contributed by atoms with E-state index in [-0.39, 0.29) is 5.91 Å². The van der Waals surface area contributed by atoms with Gasteiger partial charge in [0.1, 0.15) is 0 Å². The van der Waals surface area contributed by atoms with Gasteiger partial charge in [-0.3, -0.25) is 4.79 Å². The van der Waals surface area contributed by atoms with Crippen molar-refractivity contribution in [2.45, 2.75) is 37.5 Å². The molecule has 1 aromatic rings. The SMILES string of the molecule is CSc1ncc2c(n1)CN([C@H]1C[C@H](C)C1)C2=O. The number of rotatable bonds is 2. The molecule has 1 saturated carbocycles. The summed E-state index contributed by atoms with van der Waals surface area (Å²) in [7, 11) is 0. The lowest BCUT2D eigenvalue weighted by molar-refractivity contribution is 0.0508. The molecule has 1 aliphatic carbocycles. The summed E-state index contributed by atoms with van der Waals surface area (Å²) >= 11 is 1.51. The molecule has 2 aliphatic rings. The van der Waals surface area contributed by atoms with Crippen molar-refractivity contribution in [3.63, 3.8) is 0 Å². The minimum atomic E-state index is 0.115. The fourth-order valence-electron chi connectivity index (χ4n) is 2.59. The Bertz CT molecular complexity index is 471. The zero-order valence-electron chi connectivity index (χ0n) is 10.0. The van der Waals surface area contributed by atoms with Gasteiger partial charge in [-0.2, -0.15) is 0 Å². The third-order valence-electron chi connectivity index (χ3n) is 3.63. The summed E-state index contributed by atoms with van der Waals surface area (Å²) in [5.41, 5.74) is 1.59. The smallest absolute Gasteiger partial charge is 0.257 e. The van der Waals surface area contributed by atoms with E-state index in [2.05, 4.69) is 16.9 Å². The van der Waals surface area contributed by atoms with Crippen LogP contribution in [0.3, 0.4) is 0 Å². The minimum Gasteiger partial charge on any atom is -0.330 e. The monoisotopic (exact) mass is 249 g/mol. The van der Waals surface area contributed by atoms with Gasteiger partial charge < -0.3 is 4.90 Å². The molecule has 0 bridgehead atoms. The number of hydrogen-bond donors (Lipinski definition) is 0. The average molecular weight is 249 g/mol. The fraction of sp³-hybridized carbons (Fsp3) is 0.583. The van der Waals surface area contributed by atoms with Crippen LogP contribution in [0.15, 0.2) is 11.4 Å². The van der Waals surface area contributed by atoms with E-state index in [1.54, 1.807) is 6.20 Å². The molecule has 4 nitrogen and oxygen atoms in total. The highest BCUT2D eigenvalue weighted by molar-refractivity contribution is 7.98. The predicted octanol–water partition coefficient (Wildman–Crippen LogP) is 1.95. The van der Waals surface area contributed by atoms with Gasteiger partial charge in [-0.1, -0.05) is 18.7 Å². The summed E-state index contributed by atoms with van der Waals surface area (Å²) < 4.78 is 0. The fourth-order valence-corrected chi connectivity index (χ4v) is 2.95. The van der Waals surface area contributed by atoms with Gasteiger partial charge in [0.05, 0.1) is 17.8 Å². The van der Waals surface area contributed by atoms with Crippen LogP contribution in [0, 0.1) is 5.92 Å². The highest BCUT2D eigenvalue weighted by Crippen LogP contribution is 2.35. The van der Waals surface area contributed by atoms with Crippen molar-refractivity contribution in [3.05, 3.63) is 17.5 Å². The Balaban J connectivity index is 1.84. The van der Waals surface area contributed by atoms with Gasteiger partial charge >= 0.3 is 0 Å². The molecule has 0 saturated heterocycles. The molecule has 0 radical (unpaired) electrons. The number of amides is 1. The Kier molecular flexibility index (Phi) is 2.58. The molecule has 2 heterocycles. The summed E-state index contributed by atoms with van der Waals surface area (Å²) in [5, 5.41) is 0.750. The van der Waals surface area contributed by atoms with E-state index in [4.69, 9.17) is 0 Å². The van der Waals surface area contributed by atoms with E-state index in [0.29, 0.717) is 18.2 Å². The van der Waals surface area contributed by atoms with Gasteiger partial charge in [0, 0.05) is 12.2 Å². The molecule has 90 valence electrons. The Hall–Kier alpha value is -1.10. The molecule has 0 aromatic carbocycles. The first kappa shape index (κ1) is 11.0. The Morgan fingerprint density at radius 3 is 2.88 bits per heavy atom. The first-order valence-corrected chi connectivity index (χ1v) is 7.12. The third-order valence-corrected chi connectivity index (χ3v) is 4.19. The first-order valence-electron chi connectivity index (χ1n) is 5.90. The Morgan fingerprint density at radius 1 is 1.47 bits per heavy atom. The normalized spacial score (nSPS) is 26.9. The second kappa shape index (κ2) is 3.98. The van der Waals surface area contributed by atoms with Crippen LogP contribution in [0.25, 0.3) is 0 Å². The molecule has 0 spiro atoms. The molecular weight excluding hydrogens is 234 g/mol. The molecule has 17 heavy (non-hydrogen) atoms. The molecule has 5 heteroatoms. The van der Waals surface area contributed by atoms with E-state index in [9.17, 15) is 4.79 Å². The standard InChI is InChI=1S/C12H15N3OS/c1-7-3-8(4-7)15-6-10-9(11(15)16)5-13-12(14-10)17-2/h5,7-8H,3-4,6H2,1-2H3/t7-,8-. The summed E-state index contributed by atoms with van der Waals surface area (Å²) in [5.74, 6) is 0.869. The first-order chi connectivity index (χ1) is 8.19. The van der Waals surface area contributed by atoms with Crippen molar-refractivity contribution in [2.24, 2.45) is 5.92 Å². The maximum Gasteiger partial charge on any atom is 0.257 e. The van der Waals surface area contributed by atoms with Crippen molar-refractivity contribution in [3.8, 4) is 0 Å². The lowest BCUT2D eigenvalue weighted by atomic mass is 9.81. The van der Waals surface area contributed by atoms with Gasteiger partial charge in [-0.05, 0) is 25.0 Å². The van der Waals surface area contributed by atoms with Crippen LogP contribution in [0.5, 0.6) is 0 Å². The molecule has 1 fully saturated rings. The molecule has 1 amide bonds. The molecular formula is C12H15N3OS. The van der Waals surface area contributed by atoms with E-state index < -0.39 is 0 Å². The second-order valence-corrected chi connectivity index (χ2v) is 5.65. The minimum absolute atomic E-state index is 0.115. The van der Waals surface area contributed by atoms with Crippen LogP contribution in [0.2, 0.25) is 0 Å². The molecule has 1 aromatic heterocycles. The van der Waals surface area contributed by atoms with Crippen molar-refractivity contribution < 1.29 is 4.79 Å². The van der Waals surface area contributed by atoms with E-state index >= 15 is 0 Å². The molecule has 3 rings (SSSR count). The molecule has 0 atom stereocenters. The number of hydrogen-bond acceptors (Lipinski definition) is 4. The summed E-state index contributed by atoms with van der Waals surface area (Å²) in [6.45, 7) is 2.90. The summed E-state index contributed by atoms with van der Waals surface area (Å²) in [6.07, 6.45) is 5.88. The average Bonchev–Trinajstić information content (AvgIpc) is 2.62. The second-order valence-electron chi connectivity index (χ2n) is 4.88. The van der Waals surface area contributed by atoms with E-state index in [1.807, 2.05) is 11.2 Å². The highest BCUT2D eigenvalue weighted by Gasteiger charge is 2.39. The van der Waals surface area contributed by atoms with Crippen molar-refractivity contribution in [1.29, 1.82) is 0 Å². The van der Waals surface area contributed by atoms with Crippen LogP contribution < -0.4 is 0 Å². The molecule has 0 unspecified atom stereocenters. The highest BCUT2D eigenvalue weighted by atomic mass is 32.2. The van der Waals surface area contributed by atoms with Crippen LogP contribution in [0.1, 0.15) is 35.8 Å². The molecule has 1 aliphatic heterocycles.